The van der Waals surface area contributed by atoms with Gasteiger partial charge in [-0.15, -0.1) is 23.1 Å². The number of nitrogens with one attached hydrogen (secondary N) is 1. The summed E-state index contributed by atoms with van der Waals surface area (Å²) in [6.07, 6.45) is 1.79. The minimum atomic E-state index is -1.20. The number of anilines is 1. The molecule has 16 heteroatoms. The van der Waals surface area contributed by atoms with Crippen molar-refractivity contribution in [3.8, 4) is 0 Å². The number of rotatable bonds is 8. The van der Waals surface area contributed by atoms with Gasteiger partial charge in [-0.25, -0.2) is 14.8 Å². The van der Waals surface area contributed by atoms with Crippen LogP contribution >= 0.6 is 34.9 Å². The van der Waals surface area contributed by atoms with Crippen LogP contribution in [0.3, 0.4) is 0 Å². The van der Waals surface area contributed by atoms with Crippen molar-refractivity contribution in [1.29, 1.82) is 0 Å². The van der Waals surface area contributed by atoms with Gasteiger partial charge >= 0.3 is 5.97 Å². The number of amides is 2. The van der Waals surface area contributed by atoms with E-state index in [0.717, 1.165) is 11.3 Å². The molecule has 1 aromatic heterocycles. The highest BCUT2D eigenvalue weighted by atomic mass is 32.2. The highest BCUT2D eigenvalue weighted by molar-refractivity contribution is 8.14. The molecular formula is C20H24N8O5S3. The van der Waals surface area contributed by atoms with E-state index in [1.54, 1.807) is 18.4 Å². The monoisotopic (exact) mass is 552 g/mol. The first-order valence-corrected chi connectivity index (χ1v) is 13.6. The number of carbonyl (C=O) groups is 3. The van der Waals surface area contributed by atoms with Gasteiger partial charge in [-0.2, -0.15) is 0 Å². The van der Waals surface area contributed by atoms with E-state index < -0.39 is 29.2 Å². The summed E-state index contributed by atoms with van der Waals surface area (Å²) in [5.74, 6) is -1.28. The number of amidine groups is 1. The van der Waals surface area contributed by atoms with Crippen LogP contribution in [-0.2, 0) is 19.2 Å². The molecule has 1 fully saturated rings. The number of aliphatic carboxylic acids is 1. The first-order chi connectivity index (χ1) is 17.2. The van der Waals surface area contributed by atoms with Crippen LogP contribution in [0.5, 0.6) is 0 Å². The normalized spacial score (nSPS) is 21.9. The fourth-order valence-corrected chi connectivity index (χ4v) is 6.61. The number of carbonyl (C=O) groups excluding carboxylic acids is 2. The van der Waals surface area contributed by atoms with Crippen LogP contribution in [0.15, 0.2) is 38.7 Å². The van der Waals surface area contributed by atoms with Crippen LogP contribution in [-0.4, -0.2) is 91.7 Å². The molecule has 1 unspecified atom stereocenters. The summed E-state index contributed by atoms with van der Waals surface area (Å²) in [5, 5.41) is 18.3. The molecule has 1 aromatic rings. The molecule has 2 amide bonds. The first-order valence-electron chi connectivity index (χ1n) is 10.7. The zero-order chi connectivity index (χ0) is 26.0. The number of hydrogen-bond donors (Lipinski definition) is 4. The molecule has 4 rings (SSSR count). The fourth-order valence-electron chi connectivity index (χ4n) is 3.58. The molecule has 0 aliphatic carbocycles. The summed E-state index contributed by atoms with van der Waals surface area (Å²) < 4.78 is 0. The van der Waals surface area contributed by atoms with E-state index in [0.29, 0.717) is 34.6 Å². The van der Waals surface area contributed by atoms with Crippen molar-refractivity contribution in [2.24, 2.45) is 15.9 Å². The zero-order valence-corrected chi connectivity index (χ0v) is 21.8. The Labute approximate surface area is 218 Å². The average molecular weight is 553 g/mol. The van der Waals surface area contributed by atoms with Gasteiger partial charge in [-0.05, 0) is 18.6 Å². The largest absolute Gasteiger partial charge is 0.477 e. The van der Waals surface area contributed by atoms with Crippen molar-refractivity contribution in [1.82, 2.24) is 20.1 Å². The number of nitrogens with zero attached hydrogens (tertiary/aromatic N) is 5. The number of thiazole rings is 1. The number of fused-ring (bicyclic) bond motifs is 1. The third-order valence-corrected chi connectivity index (χ3v) is 8.47. The number of carboxylic acid groups (broad SMARTS) is 1. The van der Waals surface area contributed by atoms with E-state index in [9.17, 15) is 19.5 Å². The number of aliphatic imine (C=N–C) groups is 1. The summed E-state index contributed by atoms with van der Waals surface area (Å²) in [6, 6.07) is -0.923. The molecule has 0 spiro atoms. The molecule has 0 aromatic carbocycles. The SMILES string of the molecule is CCO/N=C(\C(=O)NC1C(=O)N2C(C(=O)O)=C(CSC3=NC(N)=CCN3C)CS[C@@H]12)c1csc(N)n1. The highest BCUT2D eigenvalue weighted by Gasteiger charge is 2.54. The maximum Gasteiger partial charge on any atom is 0.352 e. The summed E-state index contributed by atoms with van der Waals surface area (Å²) in [5.41, 5.74) is 12.1. The van der Waals surface area contributed by atoms with Gasteiger partial charge in [0.1, 0.15) is 35.2 Å². The standard InChI is InChI=1S/C20H24N8O5S3/c1-3-33-26-12(10-8-35-19(22)23-10)15(29)25-13-16(30)28-14(18(31)32)9(6-34-17(13)28)7-36-20-24-11(21)4-5-27(20)2/h4,8,13,17H,3,5-7,21H2,1-2H3,(H2,22,23)(H,25,29)(H,31,32)/b26-12-/t13?,17-/m0/s1. The van der Waals surface area contributed by atoms with Gasteiger partial charge in [-0.3, -0.25) is 14.5 Å². The average Bonchev–Trinajstić information content (AvgIpc) is 3.28. The minimum Gasteiger partial charge on any atom is -0.477 e. The van der Waals surface area contributed by atoms with Gasteiger partial charge < -0.3 is 31.6 Å². The number of β-lactam (4-membered cyclic amide) rings is 1. The summed E-state index contributed by atoms with van der Waals surface area (Å²) in [7, 11) is 1.86. The first kappa shape index (κ1) is 25.8. The minimum absolute atomic E-state index is 0.0696. The lowest BCUT2D eigenvalue weighted by Gasteiger charge is -2.49. The Morgan fingerprint density at radius 1 is 1.42 bits per heavy atom. The molecule has 3 aliphatic rings. The quantitative estimate of drug-likeness (QED) is 0.194. The summed E-state index contributed by atoms with van der Waals surface area (Å²) in [4.78, 5) is 54.6. The topological polar surface area (TPSA) is 189 Å². The Morgan fingerprint density at radius 2 is 2.19 bits per heavy atom. The lowest BCUT2D eigenvalue weighted by atomic mass is 10.0. The zero-order valence-electron chi connectivity index (χ0n) is 19.3. The molecule has 192 valence electrons. The molecule has 13 nitrogen and oxygen atoms in total. The van der Waals surface area contributed by atoms with Crippen LogP contribution in [0.4, 0.5) is 5.13 Å². The molecule has 0 saturated carbocycles. The second-order valence-electron chi connectivity index (χ2n) is 7.74. The lowest BCUT2D eigenvalue weighted by Crippen LogP contribution is -2.71. The Morgan fingerprint density at radius 3 is 2.86 bits per heavy atom. The molecule has 6 N–H and O–H groups in total. The van der Waals surface area contributed by atoms with Crippen molar-refractivity contribution in [3.63, 3.8) is 0 Å². The second kappa shape index (κ2) is 10.8. The Hall–Kier alpha value is -3.24. The van der Waals surface area contributed by atoms with Crippen LogP contribution in [0.25, 0.3) is 0 Å². The number of likely N-dealkylation sites (N-methyl/N-ethyl adjacent to an activating group) is 1. The smallest absolute Gasteiger partial charge is 0.352 e. The van der Waals surface area contributed by atoms with E-state index in [1.165, 1.54) is 28.4 Å². The summed E-state index contributed by atoms with van der Waals surface area (Å²) in [6.45, 7) is 2.54. The number of oxime groups is 1. The molecule has 0 radical (unpaired) electrons. The Bertz CT molecular complexity index is 1210. The third kappa shape index (κ3) is 5.15. The molecule has 4 heterocycles. The van der Waals surface area contributed by atoms with E-state index in [2.05, 4.69) is 20.4 Å². The maximum absolute atomic E-state index is 13.0. The third-order valence-electron chi connectivity index (χ3n) is 5.30. The highest BCUT2D eigenvalue weighted by Crippen LogP contribution is 2.41. The molecule has 36 heavy (non-hydrogen) atoms. The van der Waals surface area contributed by atoms with Gasteiger partial charge in [0.2, 0.25) is 0 Å². The van der Waals surface area contributed by atoms with Crippen molar-refractivity contribution >= 4 is 68.7 Å². The number of nitrogens with two attached hydrogens (primary N) is 2. The van der Waals surface area contributed by atoms with Crippen molar-refractivity contribution in [2.45, 2.75) is 18.3 Å². The maximum atomic E-state index is 13.0. The van der Waals surface area contributed by atoms with E-state index in [1.807, 2.05) is 11.9 Å². The fraction of sp³-hybridized carbons (Fsp3) is 0.400. The van der Waals surface area contributed by atoms with E-state index in [-0.39, 0.29) is 28.8 Å². The van der Waals surface area contributed by atoms with Gasteiger partial charge in [0.15, 0.2) is 16.0 Å². The summed E-state index contributed by atoms with van der Waals surface area (Å²) >= 11 is 3.87. The number of aromatic nitrogens is 1. The van der Waals surface area contributed by atoms with Crippen molar-refractivity contribution < 1.29 is 24.3 Å². The van der Waals surface area contributed by atoms with Crippen LogP contribution in [0.1, 0.15) is 12.6 Å². The van der Waals surface area contributed by atoms with E-state index >= 15 is 0 Å². The van der Waals surface area contributed by atoms with Crippen LogP contribution in [0, 0.1) is 0 Å². The van der Waals surface area contributed by atoms with Crippen LogP contribution in [0.2, 0.25) is 0 Å². The molecular weight excluding hydrogens is 528 g/mol. The van der Waals surface area contributed by atoms with Gasteiger partial charge in [0.25, 0.3) is 11.8 Å². The number of thioether (sulfide) groups is 2. The number of nitrogen functional groups attached to an aromatic ring is 1. The molecule has 0 bridgehead atoms. The second-order valence-corrected chi connectivity index (χ2v) is 10.7. The van der Waals surface area contributed by atoms with Gasteiger partial charge in [0, 0.05) is 30.5 Å². The van der Waals surface area contributed by atoms with Gasteiger partial charge in [-0.1, -0.05) is 16.9 Å². The molecule has 2 atom stereocenters. The lowest BCUT2D eigenvalue weighted by molar-refractivity contribution is -0.150. The molecule has 1 saturated heterocycles. The van der Waals surface area contributed by atoms with E-state index in [4.69, 9.17) is 16.3 Å². The van der Waals surface area contributed by atoms with Crippen LogP contribution < -0.4 is 16.8 Å². The predicted molar refractivity (Wildman–Crippen MR) is 139 cm³/mol. The number of hydrogen-bond acceptors (Lipinski definition) is 13. The number of carboxylic acids is 1. The van der Waals surface area contributed by atoms with Crippen molar-refractivity contribution in [3.05, 3.63) is 34.2 Å². The predicted octanol–water partition coefficient (Wildman–Crippen LogP) is 0.0392. The Kier molecular flexibility index (Phi) is 7.75. The molecule has 3 aliphatic heterocycles. The Balaban J connectivity index is 1.48. The van der Waals surface area contributed by atoms with Gasteiger partial charge in [0.05, 0.1) is 0 Å². The van der Waals surface area contributed by atoms with Crippen molar-refractivity contribution in [2.75, 3.05) is 37.4 Å².